The second kappa shape index (κ2) is 5.36. The molecule has 0 saturated heterocycles. The lowest BCUT2D eigenvalue weighted by molar-refractivity contribution is 0.102. The van der Waals surface area contributed by atoms with Crippen molar-refractivity contribution in [3.8, 4) is 0 Å². The first-order valence-electron chi connectivity index (χ1n) is 5.46. The fourth-order valence-corrected chi connectivity index (χ4v) is 1.88. The smallest absolute Gasteiger partial charge is 0.259 e. The molecule has 0 radical (unpaired) electrons. The molecule has 1 heterocycles. The molecule has 0 unspecified atom stereocenters. The van der Waals surface area contributed by atoms with E-state index in [9.17, 15) is 9.18 Å². The van der Waals surface area contributed by atoms with E-state index in [1.54, 1.807) is 19.1 Å². The van der Waals surface area contributed by atoms with Crippen molar-refractivity contribution in [1.29, 1.82) is 0 Å². The molecule has 1 aromatic carbocycles. The van der Waals surface area contributed by atoms with E-state index < -0.39 is 11.7 Å². The molecule has 6 heteroatoms. The van der Waals surface area contributed by atoms with E-state index >= 15 is 0 Å². The number of anilines is 2. The van der Waals surface area contributed by atoms with Gasteiger partial charge in [-0.15, -0.1) is 0 Å². The van der Waals surface area contributed by atoms with Crippen LogP contribution in [0, 0.1) is 12.7 Å². The molecule has 0 fully saturated rings. The molecule has 4 nitrogen and oxygen atoms in total. The van der Waals surface area contributed by atoms with Crippen LogP contribution >= 0.6 is 15.9 Å². The predicted octanol–water partition coefficient (Wildman–Crippen LogP) is 3.13. The van der Waals surface area contributed by atoms with E-state index in [1.807, 2.05) is 0 Å². The molecule has 0 bridgehead atoms. The third-order valence-corrected chi connectivity index (χ3v) is 2.99. The lowest BCUT2D eigenvalue weighted by Crippen LogP contribution is -2.15. The molecule has 0 aliphatic rings. The number of amides is 1. The van der Waals surface area contributed by atoms with Crippen molar-refractivity contribution in [2.24, 2.45) is 0 Å². The maximum absolute atomic E-state index is 13.6. The number of rotatable bonds is 2. The molecule has 0 aliphatic heterocycles. The third kappa shape index (κ3) is 3.08. The Morgan fingerprint density at radius 1 is 1.42 bits per heavy atom. The van der Waals surface area contributed by atoms with Gasteiger partial charge in [0.2, 0.25) is 0 Å². The fourth-order valence-electron chi connectivity index (χ4n) is 1.55. The van der Waals surface area contributed by atoms with E-state index in [2.05, 4.69) is 26.2 Å². The van der Waals surface area contributed by atoms with Crippen LogP contribution in [0.2, 0.25) is 0 Å². The summed E-state index contributed by atoms with van der Waals surface area (Å²) in [5, 5.41) is 2.46. The number of nitrogens with two attached hydrogens (primary N) is 1. The van der Waals surface area contributed by atoms with Crippen molar-refractivity contribution in [2.75, 3.05) is 11.1 Å². The second-order valence-corrected chi connectivity index (χ2v) is 4.91. The summed E-state index contributed by atoms with van der Waals surface area (Å²) in [5.74, 6) is -1.02. The number of hydrogen-bond acceptors (Lipinski definition) is 3. The number of benzene rings is 1. The Morgan fingerprint density at radius 2 is 2.16 bits per heavy atom. The lowest BCUT2D eigenvalue weighted by Gasteiger charge is -2.08. The Labute approximate surface area is 118 Å². The van der Waals surface area contributed by atoms with Gasteiger partial charge in [0.1, 0.15) is 5.82 Å². The topological polar surface area (TPSA) is 68.0 Å². The quantitative estimate of drug-likeness (QED) is 0.892. The summed E-state index contributed by atoms with van der Waals surface area (Å²) in [4.78, 5) is 16.0. The summed E-state index contributed by atoms with van der Waals surface area (Å²) in [6.45, 7) is 1.77. The molecule has 3 N–H and O–H groups in total. The molecule has 2 aromatic rings. The maximum Gasteiger partial charge on any atom is 0.259 e. The Balaban J connectivity index is 2.25. The van der Waals surface area contributed by atoms with E-state index in [4.69, 9.17) is 5.73 Å². The van der Waals surface area contributed by atoms with Crippen molar-refractivity contribution in [3.63, 3.8) is 0 Å². The number of carbonyl (C=O) groups excluding carboxylic acids is 1. The minimum atomic E-state index is -0.527. The van der Waals surface area contributed by atoms with Crippen LogP contribution in [0.5, 0.6) is 0 Å². The van der Waals surface area contributed by atoms with Gasteiger partial charge in [0.25, 0.3) is 5.91 Å². The van der Waals surface area contributed by atoms with Crippen LogP contribution in [0.25, 0.3) is 0 Å². The molecule has 0 aliphatic carbocycles. The highest BCUT2D eigenvalue weighted by molar-refractivity contribution is 9.10. The standard InChI is InChI=1S/C13H11BrFN3O/c1-7-4-11(16)9(6-17-7)13(19)18-12-3-2-8(14)5-10(12)15/h2-6H,1H3,(H2,16,17)(H,18,19). The van der Waals surface area contributed by atoms with Crippen LogP contribution < -0.4 is 11.1 Å². The monoisotopic (exact) mass is 323 g/mol. The van der Waals surface area contributed by atoms with Gasteiger partial charge in [-0.25, -0.2) is 4.39 Å². The Hall–Kier alpha value is -1.95. The minimum Gasteiger partial charge on any atom is -0.398 e. The molecule has 0 saturated carbocycles. The third-order valence-electron chi connectivity index (χ3n) is 2.50. The number of nitrogen functional groups attached to an aromatic ring is 1. The summed E-state index contributed by atoms with van der Waals surface area (Å²) >= 11 is 3.14. The van der Waals surface area contributed by atoms with Gasteiger partial charge in [-0.3, -0.25) is 9.78 Å². The van der Waals surface area contributed by atoms with Gasteiger partial charge in [0, 0.05) is 22.1 Å². The highest BCUT2D eigenvalue weighted by Crippen LogP contribution is 2.21. The average Bonchev–Trinajstić information content (AvgIpc) is 2.32. The molecule has 19 heavy (non-hydrogen) atoms. The Morgan fingerprint density at radius 3 is 2.79 bits per heavy atom. The highest BCUT2D eigenvalue weighted by atomic mass is 79.9. The summed E-state index contributed by atoms with van der Waals surface area (Å²) in [7, 11) is 0. The van der Waals surface area contributed by atoms with Gasteiger partial charge >= 0.3 is 0 Å². The number of aromatic nitrogens is 1. The first-order valence-corrected chi connectivity index (χ1v) is 6.25. The van der Waals surface area contributed by atoms with Gasteiger partial charge in [0.15, 0.2) is 0 Å². The van der Waals surface area contributed by atoms with E-state index in [-0.39, 0.29) is 11.3 Å². The van der Waals surface area contributed by atoms with Crippen molar-refractivity contribution in [2.45, 2.75) is 6.92 Å². The molecule has 2 rings (SSSR count). The van der Waals surface area contributed by atoms with E-state index in [0.29, 0.717) is 15.9 Å². The van der Waals surface area contributed by atoms with Crippen molar-refractivity contribution < 1.29 is 9.18 Å². The molecule has 1 aromatic heterocycles. The number of halogens is 2. The number of nitrogens with zero attached hydrogens (tertiary/aromatic N) is 1. The van der Waals surface area contributed by atoms with Gasteiger partial charge < -0.3 is 11.1 Å². The van der Waals surface area contributed by atoms with Crippen LogP contribution in [0.1, 0.15) is 16.1 Å². The summed E-state index contributed by atoms with van der Waals surface area (Å²) < 4.78 is 14.2. The average molecular weight is 324 g/mol. The molecular weight excluding hydrogens is 313 g/mol. The van der Waals surface area contributed by atoms with Crippen LogP contribution in [-0.4, -0.2) is 10.9 Å². The van der Waals surface area contributed by atoms with Crippen LogP contribution in [0.15, 0.2) is 34.9 Å². The summed E-state index contributed by atoms with van der Waals surface area (Å²) in [6.07, 6.45) is 1.37. The van der Waals surface area contributed by atoms with Crippen molar-refractivity contribution in [3.05, 3.63) is 52.0 Å². The number of carbonyl (C=O) groups is 1. The largest absolute Gasteiger partial charge is 0.398 e. The van der Waals surface area contributed by atoms with E-state index in [1.165, 1.54) is 18.3 Å². The Bertz CT molecular complexity index is 646. The Kier molecular flexibility index (Phi) is 3.80. The van der Waals surface area contributed by atoms with Gasteiger partial charge in [-0.2, -0.15) is 0 Å². The molecule has 98 valence electrons. The number of hydrogen-bond donors (Lipinski definition) is 2. The first kappa shape index (κ1) is 13.5. The number of nitrogens with one attached hydrogen (secondary N) is 1. The number of pyridine rings is 1. The van der Waals surface area contributed by atoms with Crippen LogP contribution in [-0.2, 0) is 0 Å². The zero-order valence-corrected chi connectivity index (χ0v) is 11.7. The SMILES string of the molecule is Cc1cc(N)c(C(=O)Nc2ccc(Br)cc2F)cn1. The van der Waals surface area contributed by atoms with Crippen molar-refractivity contribution in [1.82, 2.24) is 4.98 Å². The van der Waals surface area contributed by atoms with E-state index in [0.717, 1.165) is 0 Å². The first-order chi connectivity index (χ1) is 8.97. The molecule has 1 amide bonds. The normalized spacial score (nSPS) is 10.3. The van der Waals surface area contributed by atoms with Crippen LogP contribution in [0.4, 0.5) is 15.8 Å². The zero-order chi connectivity index (χ0) is 14.0. The zero-order valence-electron chi connectivity index (χ0n) is 10.1. The summed E-state index contributed by atoms with van der Waals surface area (Å²) in [5.41, 5.74) is 7.06. The minimum absolute atomic E-state index is 0.0909. The number of aryl methyl sites for hydroxylation is 1. The molecule has 0 spiro atoms. The summed E-state index contributed by atoms with van der Waals surface area (Å²) in [6, 6.07) is 5.96. The van der Waals surface area contributed by atoms with Gasteiger partial charge in [0.05, 0.1) is 11.3 Å². The fraction of sp³-hybridized carbons (Fsp3) is 0.0769. The van der Waals surface area contributed by atoms with Crippen LogP contribution in [0.3, 0.4) is 0 Å². The van der Waals surface area contributed by atoms with Gasteiger partial charge in [-0.05, 0) is 31.2 Å². The highest BCUT2D eigenvalue weighted by Gasteiger charge is 2.13. The second-order valence-electron chi connectivity index (χ2n) is 3.99. The maximum atomic E-state index is 13.6. The van der Waals surface area contributed by atoms with Gasteiger partial charge in [-0.1, -0.05) is 15.9 Å². The van der Waals surface area contributed by atoms with Crippen molar-refractivity contribution >= 4 is 33.2 Å². The predicted molar refractivity (Wildman–Crippen MR) is 75.4 cm³/mol. The molecular formula is C13H11BrFN3O. The molecule has 0 atom stereocenters. The lowest BCUT2D eigenvalue weighted by atomic mass is 10.2.